The summed E-state index contributed by atoms with van der Waals surface area (Å²) in [6, 6.07) is 0.188. The first-order valence-electron chi connectivity index (χ1n) is 6.16. The smallest absolute Gasteiger partial charge is 0.421 e. The second kappa shape index (κ2) is 7.05. The largest absolute Gasteiger partial charge is 0.474 e. The summed E-state index contributed by atoms with van der Waals surface area (Å²) in [5.74, 6) is 2.69. The van der Waals surface area contributed by atoms with Crippen molar-refractivity contribution in [1.82, 2.24) is 10.4 Å². The lowest BCUT2D eigenvalue weighted by molar-refractivity contribution is -0.385. The third-order valence-electron chi connectivity index (χ3n) is 2.63. The van der Waals surface area contributed by atoms with Crippen molar-refractivity contribution >= 4 is 11.6 Å². The van der Waals surface area contributed by atoms with Crippen molar-refractivity contribution in [2.75, 3.05) is 0 Å². The molecule has 0 radical (unpaired) electrons. The normalized spacial score (nSPS) is 12.4. The van der Waals surface area contributed by atoms with Crippen LogP contribution in [0.4, 0.5) is 18.9 Å². The molecule has 1 amide bonds. The summed E-state index contributed by atoms with van der Waals surface area (Å²) in [7, 11) is 0. The highest BCUT2D eigenvalue weighted by atomic mass is 19.4. The Morgan fingerprint density at radius 3 is 2.70 bits per heavy atom. The van der Waals surface area contributed by atoms with Crippen LogP contribution < -0.4 is 16.0 Å². The van der Waals surface area contributed by atoms with Crippen LogP contribution in [-0.2, 0) is 6.18 Å². The molecule has 0 spiro atoms. The summed E-state index contributed by atoms with van der Waals surface area (Å²) in [6.45, 7) is 4.87. The molecular weight excluding hydrogens is 321 g/mol. The van der Waals surface area contributed by atoms with E-state index in [1.54, 1.807) is 5.43 Å². The molecule has 0 unspecified atom stereocenters. The van der Waals surface area contributed by atoms with Crippen molar-refractivity contribution in [2.45, 2.75) is 25.6 Å². The maximum atomic E-state index is 13.1. The van der Waals surface area contributed by atoms with Crippen LogP contribution in [0.1, 0.15) is 29.4 Å². The fraction of sp³-hybridized carbons (Fsp3) is 0.333. The monoisotopic (exact) mass is 334 g/mol. The number of hydrogen-bond acceptors (Lipinski definition) is 6. The average Bonchev–Trinajstić information content (AvgIpc) is 2.44. The van der Waals surface area contributed by atoms with Crippen molar-refractivity contribution in [2.24, 2.45) is 5.84 Å². The first kappa shape index (κ1) is 18.4. The number of rotatable bonds is 6. The number of carbonyl (C=O) groups excluding carboxylic acids is 1. The third kappa shape index (κ3) is 4.39. The number of pyridine rings is 1. The minimum Gasteiger partial charge on any atom is -0.474 e. The van der Waals surface area contributed by atoms with Gasteiger partial charge in [0.25, 0.3) is 5.91 Å². The number of alkyl halides is 3. The van der Waals surface area contributed by atoms with Gasteiger partial charge in [-0.15, -0.1) is 6.58 Å². The minimum atomic E-state index is -4.96. The van der Waals surface area contributed by atoms with Crippen molar-refractivity contribution < 1.29 is 27.6 Å². The van der Waals surface area contributed by atoms with Crippen LogP contribution in [0.3, 0.4) is 0 Å². The Kier molecular flexibility index (Phi) is 5.62. The van der Waals surface area contributed by atoms with Crippen LogP contribution in [0.25, 0.3) is 0 Å². The quantitative estimate of drug-likeness (QED) is 0.270. The Hall–Kier alpha value is -2.69. The molecule has 0 saturated heterocycles. The van der Waals surface area contributed by atoms with Gasteiger partial charge >= 0.3 is 11.9 Å². The van der Waals surface area contributed by atoms with E-state index in [1.807, 2.05) is 0 Å². The highest BCUT2D eigenvalue weighted by molar-refractivity contribution is 5.96. The van der Waals surface area contributed by atoms with Gasteiger partial charge < -0.3 is 4.74 Å². The maximum absolute atomic E-state index is 13.1. The summed E-state index contributed by atoms with van der Waals surface area (Å²) >= 11 is 0. The molecule has 0 aliphatic carbocycles. The van der Waals surface area contributed by atoms with Gasteiger partial charge in [-0.2, -0.15) is 13.2 Å². The van der Waals surface area contributed by atoms with Gasteiger partial charge in [-0.3, -0.25) is 20.3 Å². The lowest BCUT2D eigenvalue weighted by Gasteiger charge is -2.17. The molecule has 23 heavy (non-hydrogen) atoms. The predicted octanol–water partition coefficient (Wildman–Crippen LogP) is 1.96. The van der Waals surface area contributed by atoms with Gasteiger partial charge in [-0.1, -0.05) is 6.08 Å². The van der Waals surface area contributed by atoms with E-state index in [-0.39, 0.29) is 12.5 Å². The molecule has 1 heterocycles. The highest BCUT2D eigenvalue weighted by Gasteiger charge is 2.40. The van der Waals surface area contributed by atoms with Crippen LogP contribution in [0.15, 0.2) is 18.7 Å². The molecular formula is C12H13F3N4O4. The van der Waals surface area contributed by atoms with Gasteiger partial charge in [-0.25, -0.2) is 10.8 Å². The number of nitro groups is 1. The number of amides is 1. The Bertz CT molecular complexity index is 633. The summed E-state index contributed by atoms with van der Waals surface area (Å²) in [4.78, 5) is 24.6. The van der Waals surface area contributed by atoms with Gasteiger partial charge in [-0.05, 0) is 6.92 Å². The summed E-state index contributed by atoms with van der Waals surface area (Å²) < 4.78 is 44.2. The number of ether oxygens (including phenoxy) is 1. The van der Waals surface area contributed by atoms with Crippen LogP contribution in [0, 0.1) is 10.1 Å². The zero-order valence-corrected chi connectivity index (χ0v) is 11.9. The number of halogens is 3. The Morgan fingerprint density at radius 1 is 1.65 bits per heavy atom. The summed E-state index contributed by atoms with van der Waals surface area (Å²) in [5, 5.41) is 10.9. The Morgan fingerprint density at radius 2 is 2.26 bits per heavy atom. The first-order valence-corrected chi connectivity index (χ1v) is 6.16. The molecule has 0 aliphatic rings. The summed E-state index contributed by atoms with van der Waals surface area (Å²) in [6.07, 6.45) is -4.08. The lowest BCUT2D eigenvalue weighted by Crippen LogP contribution is -2.32. The van der Waals surface area contributed by atoms with Gasteiger partial charge in [0.05, 0.1) is 4.92 Å². The number of hydrogen-bond donors (Lipinski definition) is 2. The second-order valence-corrected chi connectivity index (χ2v) is 4.39. The molecule has 11 heteroatoms. The van der Waals surface area contributed by atoms with E-state index in [9.17, 15) is 28.1 Å². The van der Waals surface area contributed by atoms with E-state index in [2.05, 4.69) is 11.6 Å². The number of carbonyl (C=O) groups is 1. The van der Waals surface area contributed by atoms with Gasteiger partial charge in [0, 0.05) is 12.5 Å². The zero-order valence-electron chi connectivity index (χ0n) is 11.9. The van der Waals surface area contributed by atoms with E-state index in [0.29, 0.717) is 0 Å². The Balaban J connectivity index is 3.54. The van der Waals surface area contributed by atoms with E-state index >= 15 is 0 Å². The fourth-order valence-electron chi connectivity index (χ4n) is 1.63. The van der Waals surface area contributed by atoms with Crippen molar-refractivity contribution in [3.63, 3.8) is 0 Å². The summed E-state index contributed by atoms with van der Waals surface area (Å²) in [5.41, 5.74) is -1.90. The molecule has 3 N–H and O–H groups in total. The average molecular weight is 334 g/mol. The molecule has 0 bridgehead atoms. The van der Waals surface area contributed by atoms with Crippen LogP contribution in [0.2, 0.25) is 0 Å². The highest BCUT2D eigenvalue weighted by Crippen LogP contribution is 2.38. The lowest BCUT2D eigenvalue weighted by atomic mass is 10.2. The number of aromatic nitrogens is 1. The molecule has 0 aliphatic heterocycles. The van der Waals surface area contributed by atoms with Gasteiger partial charge in [0.1, 0.15) is 11.7 Å². The fourth-order valence-corrected chi connectivity index (χ4v) is 1.63. The van der Waals surface area contributed by atoms with E-state index in [4.69, 9.17) is 10.6 Å². The van der Waals surface area contributed by atoms with Crippen molar-refractivity contribution in [1.29, 1.82) is 0 Å². The van der Waals surface area contributed by atoms with E-state index in [1.165, 1.54) is 13.0 Å². The molecule has 8 nitrogen and oxygen atoms in total. The minimum absolute atomic E-state index is 0.188. The standard InChI is InChI=1S/C12H13F3N4O4/c1-3-4-6(2)23-11-7(12(13,14)15)5-8(19(21)22)9(17-11)10(20)18-16/h3,5-6H,1,4,16H2,2H3,(H,18,20)/t6-/m1/s1. The van der Waals surface area contributed by atoms with Gasteiger partial charge in [0.15, 0.2) is 0 Å². The molecule has 126 valence electrons. The second-order valence-electron chi connectivity index (χ2n) is 4.39. The number of nitrogens with zero attached hydrogens (tertiary/aromatic N) is 2. The van der Waals surface area contributed by atoms with Crippen molar-refractivity contribution in [3.05, 3.63) is 40.1 Å². The zero-order chi connectivity index (χ0) is 17.8. The number of nitrogens with one attached hydrogen (secondary N) is 1. The maximum Gasteiger partial charge on any atom is 0.421 e. The van der Waals surface area contributed by atoms with Crippen LogP contribution in [-0.4, -0.2) is 21.9 Å². The molecule has 0 aromatic carbocycles. The van der Waals surface area contributed by atoms with E-state index in [0.717, 1.165) is 0 Å². The van der Waals surface area contributed by atoms with Crippen LogP contribution in [0.5, 0.6) is 5.88 Å². The van der Waals surface area contributed by atoms with Crippen LogP contribution >= 0.6 is 0 Å². The number of hydrazine groups is 1. The van der Waals surface area contributed by atoms with Gasteiger partial charge in [0.2, 0.25) is 11.6 Å². The molecule has 1 rings (SSSR count). The first-order chi connectivity index (χ1) is 10.6. The molecule has 0 fully saturated rings. The third-order valence-corrected chi connectivity index (χ3v) is 2.63. The predicted molar refractivity (Wildman–Crippen MR) is 72.5 cm³/mol. The Labute approximate surface area is 128 Å². The SMILES string of the molecule is C=CC[C@@H](C)Oc1nc(C(=O)NN)c([N+](=O)[O-])cc1C(F)(F)F. The molecule has 1 aromatic heterocycles. The number of nitrogen functional groups attached to an aromatic ring is 1. The topological polar surface area (TPSA) is 120 Å². The number of nitrogens with two attached hydrogens (primary N) is 1. The molecule has 1 aromatic rings. The van der Waals surface area contributed by atoms with Crippen molar-refractivity contribution in [3.8, 4) is 5.88 Å². The molecule has 1 atom stereocenters. The van der Waals surface area contributed by atoms with E-state index < -0.39 is 45.9 Å². The molecule has 0 saturated carbocycles.